The fourth-order valence-electron chi connectivity index (χ4n) is 1.34. The van der Waals surface area contributed by atoms with Crippen molar-refractivity contribution in [3.8, 4) is 0 Å². The molecule has 1 atom stereocenters. The van der Waals surface area contributed by atoms with Gasteiger partial charge in [0.05, 0.1) is 12.6 Å². The van der Waals surface area contributed by atoms with Crippen LogP contribution in [0.5, 0.6) is 0 Å². The minimum atomic E-state index is 0.258. The molecule has 0 bridgehead atoms. The molecule has 0 saturated carbocycles. The molecule has 0 aliphatic rings. The van der Waals surface area contributed by atoms with Gasteiger partial charge >= 0.3 is 0 Å². The van der Waals surface area contributed by atoms with Gasteiger partial charge in [0.1, 0.15) is 0 Å². The highest BCUT2D eigenvalue weighted by Gasteiger charge is 2.06. The van der Waals surface area contributed by atoms with Crippen LogP contribution in [0.3, 0.4) is 0 Å². The van der Waals surface area contributed by atoms with E-state index < -0.39 is 0 Å². The van der Waals surface area contributed by atoms with Gasteiger partial charge in [0.2, 0.25) is 0 Å². The highest BCUT2D eigenvalue weighted by Crippen LogP contribution is 2.04. The molecule has 3 nitrogen and oxygen atoms in total. The van der Waals surface area contributed by atoms with Crippen LogP contribution in [-0.2, 0) is 4.74 Å². The first-order chi connectivity index (χ1) is 7.76. The van der Waals surface area contributed by atoms with Crippen LogP contribution in [0.1, 0.15) is 13.3 Å². The average molecular weight is 238 g/mol. The van der Waals surface area contributed by atoms with Crippen molar-refractivity contribution >= 4 is 23.0 Å². The van der Waals surface area contributed by atoms with Crippen molar-refractivity contribution in [2.75, 3.05) is 19.0 Å². The Morgan fingerprint density at radius 2 is 2.06 bits per heavy atom. The molecular weight excluding hydrogens is 220 g/mol. The fraction of sp³-hybridized carbons (Fsp3) is 0.417. The summed E-state index contributed by atoms with van der Waals surface area (Å²) >= 11 is 5.21. The molecule has 1 unspecified atom stereocenters. The van der Waals surface area contributed by atoms with E-state index in [-0.39, 0.29) is 6.04 Å². The van der Waals surface area contributed by atoms with E-state index in [9.17, 15) is 0 Å². The standard InChI is InChI=1S/C12H18N2OS/c1-3-10(9-15-2)13-12(16)14-11-7-5-4-6-8-11/h4-8,10H,3,9H2,1-2H3,(H2,13,14,16). The lowest BCUT2D eigenvalue weighted by atomic mass is 10.2. The summed E-state index contributed by atoms with van der Waals surface area (Å²) in [4.78, 5) is 0. The first-order valence-corrected chi connectivity index (χ1v) is 5.78. The number of methoxy groups -OCH3 is 1. The highest BCUT2D eigenvalue weighted by atomic mass is 32.1. The van der Waals surface area contributed by atoms with Gasteiger partial charge in [-0.1, -0.05) is 25.1 Å². The number of benzene rings is 1. The minimum Gasteiger partial charge on any atom is -0.383 e. The van der Waals surface area contributed by atoms with Gasteiger partial charge in [0.25, 0.3) is 0 Å². The molecule has 1 aromatic carbocycles. The zero-order valence-corrected chi connectivity index (χ0v) is 10.5. The zero-order valence-electron chi connectivity index (χ0n) is 9.69. The molecule has 4 heteroatoms. The van der Waals surface area contributed by atoms with E-state index in [0.717, 1.165) is 12.1 Å². The minimum absolute atomic E-state index is 0.258. The molecule has 0 spiro atoms. The number of thiocarbonyl (C=S) groups is 1. The van der Waals surface area contributed by atoms with E-state index in [2.05, 4.69) is 17.6 Å². The Labute approximate surface area is 102 Å². The molecule has 0 saturated heterocycles. The average Bonchev–Trinajstić information content (AvgIpc) is 2.29. The summed E-state index contributed by atoms with van der Waals surface area (Å²) < 4.78 is 5.10. The van der Waals surface area contributed by atoms with Crippen molar-refractivity contribution in [2.45, 2.75) is 19.4 Å². The first kappa shape index (κ1) is 12.9. The lowest BCUT2D eigenvalue weighted by Crippen LogP contribution is -2.40. The van der Waals surface area contributed by atoms with Crippen molar-refractivity contribution in [2.24, 2.45) is 0 Å². The number of para-hydroxylation sites is 1. The lowest BCUT2D eigenvalue weighted by molar-refractivity contribution is 0.172. The third kappa shape index (κ3) is 4.59. The van der Waals surface area contributed by atoms with Crippen LogP contribution in [0.2, 0.25) is 0 Å². The van der Waals surface area contributed by atoms with E-state index in [1.54, 1.807) is 7.11 Å². The predicted molar refractivity (Wildman–Crippen MR) is 71.8 cm³/mol. The van der Waals surface area contributed by atoms with Gasteiger partial charge in [-0.05, 0) is 30.8 Å². The number of hydrogen-bond acceptors (Lipinski definition) is 2. The van der Waals surface area contributed by atoms with Crippen LogP contribution in [-0.4, -0.2) is 24.9 Å². The topological polar surface area (TPSA) is 33.3 Å². The first-order valence-electron chi connectivity index (χ1n) is 5.37. The maximum absolute atomic E-state index is 5.21. The van der Waals surface area contributed by atoms with Crippen LogP contribution < -0.4 is 10.6 Å². The van der Waals surface area contributed by atoms with Crippen molar-refractivity contribution in [3.05, 3.63) is 30.3 Å². The monoisotopic (exact) mass is 238 g/mol. The molecular formula is C12H18N2OS. The third-order valence-electron chi connectivity index (χ3n) is 2.23. The van der Waals surface area contributed by atoms with Crippen molar-refractivity contribution in [3.63, 3.8) is 0 Å². The summed E-state index contributed by atoms with van der Waals surface area (Å²) in [7, 11) is 1.69. The summed E-state index contributed by atoms with van der Waals surface area (Å²) in [5, 5.41) is 6.98. The van der Waals surface area contributed by atoms with Gasteiger partial charge < -0.3 is 15.4 Å². The number of ether oxygens (including phenoxy) is 1. The predicted octanol–water partition coefficient (Wildman–Crippen LogP) is 2.40. The van der Waals surface area contributed by atoms with Crippen LogP contribution in [0.15, 0.2) is 30.3 Å². The van der Waals surface area contributed by atoms with Crippen LogP contribution in [0.4, 0.5) is 5.69 Å². The Bertz CT molecular complexity index is 316. The molecule has 1 aromatic rings. The number of hydrogen-bond donors (Lipinski definition) is 2. The molecule has 0 amide bonds. The molecule has 0 radical (unpaired) electrons. The Balaban J connectivity index is 2.41. The molecule has 0 aliphatic carbocycles. The Kier molecular flexibility index (Phi) is 5.82. The Morgan fingerprint density at radius 3 is 2.62 bits per heavy atom. The Morgan fingerprint density at radius 1 is 1.38 bits per heavy atom. The number of anilines is 1. The molecule has 0 aliphatic heterocycles. The van der Waals surface area contributed by atoms with Crippen LogP contribution in [0.25, 0.3) is 0 Å². The summed E-state index contributed by atoms with van der Waals surface area (Å²) in [6, 6.07) is 10.1. The maximum Gasteiger partial charge on any atom is 0.171 e. The van der Waals surface area contributed by atoms with E-state index >= 15 is 0 Å². The molecule has 0 heterocycles. The fourth-order valence-corrected chi connectivity index (χ4v) is 1.62. The number of rotatable bonds is 5. The summed E-state index contributed by atoms with van der Waals surface area (Å²) in [6.07, 6.45) is 0.977. The normalized spacial score (nSPS) is 11.9. The van der Waals surface area contributed by atoms with Gasteiger partial charge in [0, 0.05) is 12.8 Å². The number of nitrogens with one attached hydrogen (secondary N) is 2. The molecule has 2 N–H and O–H groups in total. The van der Waals surface area contributed by atoms with Crippen LogP contribution in [0, 0.1) is 0 Å². The van der Waals surface area contributed by atoms with Gasteiger partial charge in [-0.2, -0.15) is 0 Å². The van der Waals surface area contributed by atoms with Crippen molar-refractivity contribution < 1.29 is 4.74 Å². The summed E-state index contributed by atoms with van der Waals surface area (Å²) in [5.74, 6) is 0. The van der Waals surface area contributed by atoms with E-state index in [1.807, 2.05) is 30.3 Å². The van der Waals surface area contributed by atoms with Gasteiger partial charge in [-0.25, -0.2) is 0 Å². The molecule has 0 fully saturated rings. The summed E-state index contributed by atoms with van der Waals surface area (Å²) in [5.41, 5.74) is 0.993. The van der Waals surface area contributed by atoms with Gasteiger partial charge in [-0.15, -0.1) is 0 Å². The second-order valence-electron chi connectivity index (χ2n) is 3.53. The van der Waals surface area contributed by atoms with Gasteiger partial charge in [-0.3, -0.25) is 0 Å². The molecule has 16 heavy (non-hydrogen) atoms. The zero-order chi connectivity index (χ0) is 11.8. The molecule has 88 valence electrons. The van der Waals surface area contributed by atoms with E-state index in [1.165, 1.54) is 0 Å². The van der Waals surface area contributed by atoms with Crippen molar-refractivity contribution in [1.29, 1.82) is 0 Å². The maximum atomic E-state index is 5.21. The van der Waals surface area contributed by atoms with E-state index in [4.69, 9.17) is 17.0 Å². The van der Waals surface area contributed by atoms with Crippen molar-refractivity contribution in [1.82, 2.24) is 5.32 Å². The second-order valence-corrected chi connectivity index (χ2v) is 3.93. The van der Waals surface area contributed by atoms with E-state index in [0.29, 0.717) is 11.7 Å². The second kappa shape index (κ2) is 7.19. The highest BCUT2D eigenvalue weighted by molar-refractivity contribution is 7.80. The summed E-state index contributed by atoms with van der Waals surface area (Å²) in [6.45, 7) is 2.76. The Hall–Kier alpha value is -1.13. The molecule has 0 aromatic heterocycles. The smallest absolute Gasteiger partial charge is 0.171 e. The third-order valence-corrected chi connectivity index (χ3v) is 2.45. The van der Waals surface area contributed by atoms with Crippen LogP contribution >= 0.6 is 12.2 Å². The quantitative estimate of drug-likeness (QED) is 0.772. The van der Waals surface area contributed by atoms with Gasteiger partial charge in [0.15, 0.2) is 5.11 Å². The lowest BCUT2D eigenvalue weighted by Gasteiger charge is -2.18. The molecule has 1 rings (SSSR count). The largest absolute Gasteiger partial charge is 0.383 e. The SMILES string of the molecule is CCC(COC)NC(=S)Nc1ccccc1.